The largest absolute Gasteiger partial charge is 0.294 e. The van der Waals surface area contributed by atoms with Crippen LogP contribution in [0.4, 0.5) is 8.78 Å². The van der Waals surface area contributed by atoms with Gasteiger partial charge in [0.1, 0.15) is 0 Å². The molecule has 0 bridgehead atoms. The van der Waals surface area contributed by atoms with Crippen LogP contribution in [0, 0.1) is 0 Å². The molecule has 0 saturated heterocycles. The molecule has 0 aliphatic heterocycles. The third kappa shape index (κ3) is 3.50. The topological polar surface area (TPSA) is 12.4 Å². The van der Waals surface area contributed by atoms with Gasteiger partial charge in [0.15, 0.2) is 0 Å². The standard InChI is InChI=1S/C17H19F2N/c1-6-10-20-16(12(2)3)14-8-7-9-15(11-14)17(18,19)13(4)5/h6-11H,2,4H2,1,3,5H3/b10-6-,20-16?. The van der Waals surface area contributed by atoms with Crippen LogP contribution in [0.1, 0.15) is 31.9 Å². The first-order valence-electron chi connectivity index (χ1n) is 6.30. The lowest BCUT2D eigenvalue weighted by atomic mass is 9.97. The molecule has 0 N–H and O–H groups in total. The van der Waals surface area contributed by atoms with E-state index in [9.17, 15) is 8.78 Å². The predicted octanol–water partition coefficient (Wildman–Crippen LogP) is 5.25. The molecule has 0 aliphatic rings. The van der Waals surface area contributed by atoms with E-state index in [0.717, 1.165) is 5.57 Å². The van der Waals surface area contributed by atoms with Gasteiger partial charge in [0, 0.05) is 17.3 Å². The normalized spacial score (nSPS) is 12.8. The van der Waals surface area contributed by atoms with Gasteiger partial charge in [0.25, 0.3) is 5.92 Å². The van der Waals surface area contributed by atoms with E-state index in [1.807, 2.05) is 6.92 Å². The fourth-order valence-electron chi connectivity index (χ4n) is 1.69. The Balaban J connectivity index is 3.35. The van der Waals surface area contributed by atoms with Gasteiger partial charge in [-0.25, -0.2) is 0 Å². The van der Waals surface area contributed by atoms with Crippen molar-refractivity contribution in [1.82, 2.24) is 0 Å². The van der Waals surface area contributed by atoms with Crippen molar-refractivity contribution in [3.8, 4) is 0 Å². The highest BCUT2D eigenvalue weighted by molar-refractivity contribution is 6.12. The zero-order valence-electron chi connectivity index (χ0n) is 12.1. The molecular formula is C17H19F2N. The van der Waals surface area contributed by atoms with Crippen molar-refractivity contribution in [2.24, 2.45) is 4.99 Å². The van der Waals surface area contributed by atoms with Crippen molar-refractivity contribution in [3.05, 3.63) is 72.0 Å². The molecule has 0 fully saturated rings. The summed E-state index contributed by atoms with van der Waals surface area (Å²) in [6, 6.07) is 6.17. The maximum absolute atomic E-state index is 14.0. The molecule has 0 aromatic heterocycles. The molecule has 3 heteroatoms. The smallest absolute Gasteiger partial charge is 0.256 e. The number of hydrogen-bond donors (Lipinski definition) is 0. The van der Waals surface area contributed by atoms with Crippen LogP contribution in [-0.2, 0) is 5.92 Å². The van der Waals surface area contributed by atoms with Gasteiger partial charge in [-0.05, 0) is 38.0 Å². The van der Waals surface area contributed by atoms with Crippen molar-refractivity contribution < 1.29 is 8.78 Å². The van der Waals surface area contributed by atoms with Gasteiger partial charge in [-0.2, -0.15) is 8.78 Å². The summed E-state index contributed by atoms with van der Waals surface area (Å²) >= 11 is 0. The second kappa shape index (κ2) is 6.42. The van der Waals surface area contributed by atoms with Crippen molar-refractivity contribution in [1.29, 1.82) is 0 Å². The zero-order chi connectivity index (χ0) is 15.3. The quantitative estimate of drug-likeness (QED) is 0.514. The van der Waals surface area contributed by atoms with E-state index in [2.05, 4.69) is 18.2 Å². The molecule has 0 amide bonds. The Labute approximate surface area is 119 Å². The van der Waals surface area contributed by atoms with E-state index in [1.54, 1.807) is 31.3 Å². The third-order valence-electron chi connectivity index (χ3n) is 2.79. The molecule has 0 atom stereocenters. The van der Waals surface area contributed by atoms with E-state index < -0.39 is 5.92 Å². The van der Waals surface area contributed by atoms with Crippen molar-refractivity contribution in [2.75, 3.05) is 0 Å². The summed E-state index contributed by atoms with van der Waals surface area (Å²) in [5.41, 5.74) is 1.67. The highest BCUT2D eigenvalue weighted by atomic mass is 19.3. The number of hydrogen-bond acceptors (Lipinski definition) is 1. The number of allylic oxidation sites excluding steroid dienone is 3. The molecule has 0 spiro atoms. The van der Waals surface area contributed by atoms with Gasteiger partial charge in [-0.15, -0.1) is 0 Å². The van der Waals surface area contributed by atoms with Crippen LogP contribution in [0.2, 0.25) is 0 Å². The van der Waals surface area contributed by atoms with Gasteiger partial charge >= 0.3 is 0 Å². The Hall–Kier alpha value is -2.03. The second-order valence-corrected chi connectivity index (χ2v) is 4.68. The first kappa shape index (κ1) is 16.0. The van der Waals surface area contributed by atoms with Gasteiger partial charge in [-0.1, -0.05) is 37.4 Å². The van der Waals surface area contributed by atoms with E-state index in [0.29, 0.717) is 11.3 Å². The number of benzene rings is 1. The molecule has 106 valence electrons. The Bertz CT molecular complexity index is 580. The first-order valence-corrected chi connectivity index (χ1v) is 6.30. The molecule has 1 aromatic rings. The SMILES string of the molecule is C=C(C)C(=N/C=C\C)c1cccc(C(F)(F)C(=C)C)c1. The predicted molar refractivity (Wildman–Crippen MR) is 81.3 cm³/mol. The van der Waals surface area contributed by atoms with Crippen molar-refractivity contribution in [2.45, 2.75) is 26.7 Å². The minimum absolute atomic E-state index is 0.0862. The molecule has 0 saturated carbocycles. The van der Waals surface area contributed by atoms with Crippen LogP contribution >= 0.6 is 0 Å². The molecule has 1 nitrogen and oxygen atoms in total. The fourth-order valence-corrected chi connectivity index (χ4v) is 1.69. The van der Waals surface area contributed by atoms with Crippen LogP contribution in [-0.4, -0.2) is 5.71 Å². The van der Waals surface area contributed by atoms with Crippen molar-refractivity contribution >= 4 is 5.71 Å². The van der Waals surface area contributed by atoms with Gasteiger partial charge in [-0.3, -0.25) is 4.99 Å². The Kier molecular flexibility index (Phi) is 5.14. The third-order valence-corrected chi connectivity index (χ3v) is 2.79. The van der Waals surface area contributed by atoms with Crippen molar-refractivity contribution in [3.63, 3.8) is 0 Å². The lowest BCUT2D eigenvalue weighted by Crippen LogP contribution is -2.15. The monoisotopic (exact) mass is 275 g/mol. The lowest BCUT2D eigenvalue weighted by molar-refractivity contribution is 0.0385. The van der Waals surface area contributed by atoms with Gasteiger partial charge in [0.05, 0.1) is 5.71 Å². The Morgan fingerprint density at radius 3 is 2.40 bits per heavy atom. The number of rotatable bonds is 5. The molecule has 0 heterocycles. The molecule has 20 heavy (non-hydrogen) atoms. The maximum Gasteiger partial charge on any atom is 0.294 e. The van der Waals surface area contributed by atoms with E-state index in [-0.39, 0.29) is 11.1 Å². The average Bonchev–Trinajstić information content (AvgIpc) is 2.39. The first-order chi connectivity index (χ1) is 9.30. The summed E-state index contributed by atoms with van der Waals surface area (Å²) in [5.74, 6) is -3.04. The molecule has 1 rings (SSSR count). The molecular weight excluding hydrogens is 256 g/mol. The van der Waals surface area contributed by atoms with Crippen LogP contribution in [0.3, 0.4) is 0 Å². The summed E-state index contributed by atoms with van der Waals surface area (Å²) in [6.45, 7) is 12.2. The van der Waals surface area contributed by atoms with Gasteiger partial charge < -0.3 is 0 Å². The number of alkyl halides is 2. The Morgan fingerprint density at radius 2 is 1.90 bits per heavy atom. The highest BCUT2D eigenvalue weighted by Crippen LogP contribution is 2.35. The molecule has 0 radical (unpaired) electrons. The summed E-state index contributed by atoms with van der Waals surface area (Å²) in [5, 5.41) is 0. The molecule has 1 aromatic carbocycles. The number of nitrogens with zero attached hydrogens (tertiary/aromatic N) is 1. The maximum atomic E-state index is 14.0. The number of halogens is 2. The summed E-state index contributed by atoms with van der Waals surface area (Å²) in [6.07, 6.45) is 3.39. The zero-order valence-corrected chi connectivity index (χ0v) is 12.1. The fraction of sp³-hybridized carbons (Fsp3) is 0.235. The van der Waals surface area contributed by atoms with E-state index in [4.69, 9.17) is 0 Å². The van der Waals surface area contributed by atoms with Crippen LogP contribution in [0.5, 0.6) is 0 Å². The lowest BCUT2D eigenvalue weighted by Gasteiger charge is -2.18. The summed E-state index contributed by atoms with van der Waals surface area (Å²) in [7, 11) is 0. The minimum Gasteiger partial charge on any atom is -0.256 e. The number of aliphatic imine (C=N–C) groups is 1. The average molecular weight is 275 g/mol. The Morgan fingerprint density at radius 1 is 1.25 bits per heavy atom. The van der Waals surface area contributed by atoms with Crippen LogP contribution < -0.4 is 0 Å². The van der Waals surface area contributed by atoms with Gasteiger partial charge in [0.2, 0.25) is 0 Å². The summed E-state index contributed by atoms with van der Waals surface area (Å²) < 4.78 is 28.0. The second-order valence-electron chi connectivity index (χ2n) is 4.68. The molecule has 0 aliphatic carbocycles. The van der Waals surface area contributed by atoms with E-state index in [1.165, 1.54) is 19.1 Å². The van der Waals surface area contributed by atoms with Crippen LogP contribution in [0.25, 0.3) is 0 Å². The van der Waals surface area contributed by atoms with Crippen LogP contribution in [0.15, 0.2) is 65.8 Å². The molecule has 0 unspecified atom stereocenters. The summed E-state index contributed by atoms with van der Waals surface area (Å²) in [4.78, 5) is 4.25. The van der Waals surface area contributed by atoms with E-state index >= 15 is 0 Å². The minimum atomic E-state index is -3.04. The highest BCUT2D eigenvalue weighted by Gasteiger charge is 2.32.